The average Bonchev–Trinajstić information content (AvgIpc) is 2.99. The molecule has 1 saturated heterocycles. The topological polar surface area (TPSA) is 83.0 Å². The molecule has 2 aliphatic carbocycles. The fourth-order valence-corrected chi connectivity index (χ4v) is 4.92. The van der Waals surface area contributed by atoms with E-state index in [4.69, 9.17) is 0 Å². The molecule has 1 aromatic rings. The molecule has 2 unspecified atom stereocenters. The number of aromatic amines is 1. The van der Waals surface area contributed by atoms with Gasteiger partial charge in [0.1, 0.15) is 5.82 Å². The maximum absolute atomic E-state index is 13.5. The minimum Gasteiger partial charge on any atom is -0.338 e. The molecule has 4 rings (SSSR count). The van der Waals surface area contributed by atoms with E-state index in [9.17, 15) is 18.4 Å². The van der Waals surface area contributed by atoms with E-state index < -0.39 is 11.3 Å². The van der Waals surface area contributed by atoms with Crippen LogP contribution in [0.1, 0.15) is 57.2 Å². The second-order valence-corrected chi connectivity index (χ2v) is 8.35. The van der Waals surface area contributed by atoms with Gasteiger partial charge in [0.05, 0.1) is 0 Å². The van der Waals surface area contributed by atoms with E-state index in [-0.39, 0.29) is 30.0 Å². The lowest BCUT2D eigenvalue weighted by Crippen LogP contribution is -2.45. The summed E-state index contributed by atoms with van der Waals surface area (Å²) < 4.78 is 28.6. The zero-order valence-corrected chi connectivity index (χ0v) is 15.6. The standard InChI is InChI=1S/C18H27F2N5O2/c1-2-25-14(22-23-16(25)27)13-4-7-24(8-5-13)15(26)21-10-12-3-6-17(9-12)11-18(17,19)20/h12-13H,2-11H2,1H3,(H,21,26)(H,23,27). The first-order chi connectivity index (χ1) is 12.9. The molecule has 2 heterocycles. The number of hydrogen-bond donors (Lipinski definition) is 2. The van der Waals surface area contributed by atoms with E-state index in [0.717, 1.165) is 25.1 Å². The minimum atomic E-state index is -2.49. The Kier molecular flexibility index (Phi) is 4.50. The Morgan fingerprint density at radius 1 is 1.33 bits per heavy atom. The number of halogens is 2. The molecule has 9 heteroatoms. The van der Waals surface area contributed by atoms with Crippen LogP contribution in [0.5, 0.6) is 0 Å². The van der Waals surface area contributed by atoms with Crippen molar-refractivity contribution in [2.45, 2.75) is 63.8 Å². The maximum atomic E-state index is 13.5. The van der Waals surface area contributed by atoms with E-state index in [1.165, 1.54) is 0 Å². The van der Waals surface area contributed by atoms with Crippen LogP contribution < -0.4 is 11.0 Å². The smallest absolute Gasteiger partial charge is 0.338 e. The summed E-state index contributed by atoms with van der Waals surface area (Å²) in [4.78, 5) is 25.9. The van der Waals surface area contributed by atoms with Crippen LogP contribution >= 0.6 is 0 Å². The Morgan fingerprint density at radius 3 is 2.63 bits per heavy atom. The Morgan fingerprint density at radius 2 is 2.04 bits per heavy atom. The first-order valence-corrected chi connectivity index (χ1v) is 9.91. The largest absolute Gasteiger partial charge is 0.343 e. The molecule has 2 N–H and O–H groups in total. The fraction of sp³-hybridized carbons (Fsp3) is 0.833. The highest BCUT2D eigenvalue weighted by Crippen LogP contribution is 2.69. The molecule has 1 aliphatic heterocycles. The number of carbonyl (C=O) groups is 1. The third kappa shape index (κ3) is 3.25. The summed E-state index contributed by atoms with van der Waals surface area (Å²) in [6.45, 7) is 4.17. The van der Waals surface area contributed by atoms with Gasteiger partial charge in [-0.15, -0.1) is 0 Å². The third-order valence-corrected chi connectivity index (χ3v) is 6.72. The van der Waals surface area contributed by atoms with Crippen molar-refractivity contribution in [1.82, 2.24) is 25.0 Å². The number of carbonyl (C=O) groups excluding carboxylic acids is 1. The van der Waals surface area contributed by atoms with E-state index >= 15 is 0 Å². The number of aromatic nitrogens is 3. The fourth-order valence-electron chi connectivity index (χ4n) is 4.92. The van der Waals surface area contributed by atoms with Crippen LogP contribution in [0.4, 0.5) is 13.6 Å². The predicted octanol–water partition coefficient (Wildman–Crippen LogP) is 2.31. The minimum absolute atomic E-state index is 0.0218. The molecule has 2 saturated carbocycles. The van der Waals surface area contributed by atoms with Crippen LogP contribution in [-0.2, 0) is 6.54 Å². The van der Waals surface area contributed by atoms with Crippen molar-refractivity contribution in [3.05, 3.63) is 16.3 Å². The molecule has 7 nitrogen and oxygen atoms in total. The summed E-state index contributed by atoms with van der Waals surface area (Å²) in [6.07, 6.45) is 3.41. The van der Waals surface area contributed by atoms with Crippen LogP contribution in [0, 0.1) is 11.3 Å². The monoisotopic (exact) mass is 383 g/mol. The van der Waals surface area contributed by atoms with Crippen LogP contribution in [-0.4, -0.2) is 51.3 Å². The zero-order chi connectivity index (χ0) is 19.2. The van der Waals surface area contributed by atoms with Crippen molar-refractivity contribution in [3.63, 3.8) is 0 Å². The Bertz CT molecular complexity index is 768. The number of urea groups is 1. The highest BCUT2D eigenvalue weighted by molar-refractivity contribution is 5.74. The number of H-pyrrole nitrogens is 1. The molecule has 3 aliphatic rings. The second kappa shape index (κ2) is 6.60. The number of piperidine rings is 1. The van der Waals surface area contributed by atoms with Gasteiger partial charge in [0.2, 0.25) is 0 Å². The molecule has 2 atom stereocenters. The van der Waals surface area contributed by atoms with E-state index in [2.05, 4.69) is 15.5 Å². The number of likely N-dealkylation sites (tertiary alicyclic amines) is 1. The number of amides is 2. The van der Waals surface area contributed by atoms with Crippen molar-refractivity contribution < 1.29 is 13.6 Å². The Labute approximate surface area is 156 Å². The van der Waals surface area contributed by atoms with Crippen molar-refractivity contribution in [2.75, 3.05) is 19.6 Å². The average molecular weight is 383 g/mol. The van der Waals surface area contributed by atoms with Gasteiger partial charge >= 0.3 is 11.7 Å². The number of hydrogen-bond acceptors (Lipinski definition) is 3. The van der Waals surface area contributed by atoms with Gasteiger partial charge in [0.25, 0.3) is 5.92 Å². The molecule has 150 valence electrons. The molecule has 2 amide bonds. The highest BCUT2D eigenvalue weighted by atomic mass is 19.3. The zero-order valence-electron chi connectivity index (χ0n) is 15.6. The van der Waals surface area contributed by atoms with Gasteiger partial charge in [-0.05, 0) is 44.9 Å². The molecule has 27 heavy (non-hydrogen) atoms. The summed E-state index contributed by atoms with van der Waals surface area (Å²) in [6, 6.07) is -0.119. The van der Waals surface area contributed by atoms with Gasteiger partial charge in [0.15, 0.2) is 0 Å². The van der Waals surface area contributed by atoms with E-state index in [1.54, 1.807) is 9.47 Å². The quantitative estimate of drug-likeness (QED) is 0.837. The van der Waals surface area contributed by atoms with E-state index in [0.29, 0.717) is 39.0 Å². The molecule has 0 aromatic carbocycles. The molecule has 0 radical (unpaired) electrons. The number of nitrogens with zero attached hydrogens (tertiary/aromatic N) is 3. The molecular formula is C18H27F2N5O2. The van der Waals surface area contributed by atoms with Crippen molar-refractivity contribution in [2.24, 2.45) is 11.3 Å². The SMILES string of the molecule is CCn1c(C2CCN(C(=O)NCC3CCC4(C3)CC4(F)F)CC2)n[nH]c1=O. The van der Waals surface area contributed by atoms with E-state index in [1.807, 2.05) is 6.92 Å². The van der Waals surface area contributed by atoms with Gasteiger partial charge in [-0.3, -0.25) is 4.57 Å². The lowest BCUT2D eigenvalue weighted by molar-refractivity contribution is 0.0645. The van der Waals surface area contributed by atoms with Crippen LogP contribution in [0.25, 0.3) is 0 Å². The predicted molar refractivity (Wildman–Crippen MR) is 94.8 cm³/mol. The van der Waals surface area contributed by atoms with Gasteiger partial charge in [0, 0.05) is 43.9 Å². The molecule has 1 aromatic heterocycles. The normalized spacial score (nSPS) is 30.0. The first-order valence-electron chi connectivity index (χ1n) is 9.91. The summed E-state index contributed by atoms with van der Waals surface area (Å²) in [5.74, 6) is -1.40. The second-order valence-electron chi connectivity index (χ2n) is 8.35. The lowest BCUT2D eigenvalue weighted by Gasteiger charge is -2.31. The summed E-state index contributed by atoms with van der Waals surface area (Å²) >= 11 is 0. The van der Waals surface area contributed by atoms with Crippen LogP contribution in [0.2, 0.25) is 0 Å². The number of nitrogens with one attached hydrogen (secondary N) is 2. The van der Waals surface area contributed by atoms with Gasteiger partial charge in [-0.1, -0.05) is 0 Å². The summed E-state index contributed by atoms with van der Waals surface area (Å²) in [5, 5.41) is 9.58. The third-order valence-electron chi connectivity index (χ3n) is 6.72. The molecule has 1 spiro atoms. The van der Waals surface area contributed by atoms with Gasteiger partial charge < -0.3 is 10.2 Å². The Hall–Kier alpha value is -1.93. The van der Waals surface area contributed by atoms with Crippen molar-refractivity contribution >= 4 is 6.03 Å². The lowest BCUT2D eigenvalue weighted by atomic mass is 9.96. The molecule has 0 bridgehead atoms. The summed E-state index contributed by atoms with van der Waals surface area (Å²) in [7, 11) is 0. The first kappa shape index (κ1) is 18.4. The highest BCUT2D eigenvalue weighted by Gasteiger charge is 2.72. The molecule has 3 fully saturated rings. The van der Waals surface area contributed by atoms with Gasteiger partial charge in [-0.25, -0.2) is 23.5 Å². The Balaban J connectivity index is 1.24. The summed E-state index contributed by atoms with van der Waals surface area (Å²) in [5.41, 5.74) is -0.956. The van der Waals surface area contributed by atoms with Crippen molar-refractivity contribution in [3.8, 4) is 0 Å². The van der Waals surface area contributed by atoms with Crippen LogP contribution in [0.3, 0.4) is 0 Å². The number of rotatable bonds is 4. The molecular weight excluding hydrogens is 356 g/mol. The van der Waals surface area contributed by atoms with Crippen LogP contribution in [0.15, 0.2) is 4.79 Å². The van der Waals surface area contributed by atoms with Gasteiger partial charge in [-0.2, -0.15) is 5.10 Å². The van der Waals surface area contributed by atoms with Crippen molar-refractivity contribution in [1.29, 1.82) is 0 Å². The number of alkyl halides is 2. The maximum Gasteiger partial charge on any atom is 0.343 e.